The predicted molar refractivity (Wildman–Crippen MR) is 78.5 cm³/mol. The van der Waals surface area contributed by atoms with Crippen molar-refractivity contribution < 1.29 is 17.0 Å². The third-order valence-electron chi connectivity index (χ3n) is 4.81. The summed E-state index contributed by atoms with van der Waals surface area (Å²) in [6, 6.07) is 2.34. The van der Waals surface area contributed by atoms with Gasteiger partial charge in [-0.05, 0) is 66.2 Å². The van der Waals surface area contributed by atoms with Gasteiger partial charge in [-0.25, -0.2) is 9.48 Å². The molecule has 2 saturated heterocycles. The Hall–Kier alpha value is 0.0500. The molecule has 2 fully saturated rings. The Bertz CT molecular complexity index is 308. The van der Waals surface area contributed by atoms with Crippen LogP contribution in [0.2, 0.25) is 0 Å². The summed E-state index contributed by atoms with van der Waals surface area (Å²) in [7, 11) is 0. The highest BCUT2D eigenvalue weighted by Crippen LogP contribution is 2.27. The highest BCUT2D eigenvalue weighted by Gasteiger charge is 2.37. The zero-order valence-corrected chi connectivity index (χ0v) is 14.2. The first-order valence-corrected chi connectivity index (χ1v) is 7.99. The molecule has 0 bridgehead atoms. The number of rotatable bonds is 0. The molecular formula is C15H28Cl2N2. The van der Waals surface area contributed by atoms with E-state index in [0.29, 0.717) is 24.2 Å². The van der Waals surface area contributed by atoms with Gasteiger partial charge in [0, 0.05) is 11.6 Å². The molecule has 19 heavy (non-hydrogen) atoms. The van der Waals surface area contributed by atoms with Crippen molar-refractivity contribution in [2.24, 2.45) is 0 Å². The molecular weight excluding hydrogens is 279 g/mol. The van der Waals surface area contributed by atoms with Crippen LogP contribution in [0.15, 0.2) is 0 Å². The van der Waals surface area contributed by atoms with Crippen molar-refractivity contribution in [2.45, 2.75) is 90.4 Å². The second-order valence-electron chi connectivity index (χ2n) is 6.34. The van der Waals surface area contributed by atoms with Crippen LogP contribution < -0.4 is 12.4 Å². The van der Waals surface area contributed by atoms with E-state index in [1.165, 1.54) is 38.5 Å². The Balaban J connectivity index is 0.00000180. The number of piperidine rings is 2. The van der Waals surface area contributed by atoms with Gasteiger partial charge >= 0.3 is 5.29 Å². The zero-order chi connectivity index (χ0) is 13.3. The third kappa shape index (κ3) is 3.58. The molecule has 0 saturated carbocycles. The summed E-state index contributed by atoms with van der Waals surface area (Å²) in [5, 5.41) is 1.01. The van der Waals surface area contributed by atoms with Crippen LogP contribution in [-0.4, -0.2) is 38.9 Å². The number of amidine groups is 1. The number of hydrogen-bond donors (Lipinski definition) is 0. The largest absolute Gasteiger partial charge is 1.00 e. The smallest absolute Gasteiger partial charge is 0.345 e. The van der Waals surface area contributed by atoms with Gasteiger partial charge in [0.15, 0.2) is 0 Å². The second kappa shape index (κ2) is 7.17. The minimum Gasteiger partial charge on any atom is -1.00 e. The van der Waals surface area contributed by atoms with Crippen LogP contribution in [0.4, 0.5) is 0 Å². The molecule has 0 radical (unpaired) electrons. The Morgan fingerprint density at radius 2 is 1.32 bits per heavy atom. The topological polar surface area (TPSA) is 6.25 Å². The van der Waals surface area contributed by atoms with E-state index < -0.39 is 0 Å². The lowest BCUT2D eigenvalue weighted by Crippen LogP contribution is -3.00. The molecule has 2 aliphatic heterocycles. The van der Waals surface area contributed by atoms with Crippen LogP contribution in [0.5, 0.6) is 0 Å². The van der Waals surface area contributed by atoms with E-state index in [1.54, 1.807) is 0 Å². The fraction of sp³-hybridized carbons (Fsp3) is 0.933. The van der Waals surface area contributed by atoms with Gasteiger partial charge < -0.3 is 12.4 Å². The number of halogens is 2. The molecule has 0 aromatic carbocycles. The summed E-state index contributed by atoms with van der Waals surface area (Å²) in [6.07, 6.45) is 7.78. The molecule has 0 N–H and O–H groups in total. The van der Waals surface area contributed by atoms with E-state index in [1.807, 2.05) is 0 Å². The molecule has 2 aliphatic rings. The highest BCUT2D eigenvalue weighted by molar-refractivity contribution is 6.63. The maximum Gasteiger partial charge on any atom is 0.345 e. The first-order chi connectivity index (χ1) is 8.52. The Kier molecular flexibility index (Phi) is 6.46. The Labute approximate surface area is 129 Å². The van der Waals surface area contributed by atoms with Gasteiger partial charge in [-0.1, -0.05) is 0 Å². The van der Waals surface area contributed by atoms with Crippen LogP contribution >= 0.6 is 11.6 Å². The number of likely N-dealkylation sites (tertiary alicyclic amines) is 1. The monoisotopic (exact) mass is 306 g/mol. The van der Waals surface area contributed by atoms with Gasteiger partial charge in [0.2, 0.25) is 0 Å². The molecule has 0 aromatic rings. The lowest BCUT2D eigenvalue weighted by atomic mass is 9.97. The number of hydrogen-bond acceptors (Lipinski definition) is 0. The van der Waals surface area contributed by atoms with Crippen LogP contribution in [0, 0.1) is 0 Å². The van der Waals surface area contributed by atoms with Crippen molar-refractivity contribution in [3.8, 4) is 0 Å². The average Bonchev–Trinajstić information content (AvgIpc) is 2.28. The normalized spacial score (nSPS) is 35.8. The molecule has 0 spiro atoms. The lowest BCUT2D eigenvalue weighted by Gasteiger charge is -2.37. The maximum absolute atomic E-state index is 6.79. The van der Waals surface area contributed by atoms with Gasteiger partial charge in [-0.3, -0.25) is 0 Å². The van der Waals surface area contributed by atoms with E-state index in [2.05, 4.69) is 37.2 Å². The van der Waals surface area contributed by atoms with Crippen LogP contribution in [0.3, 0.4) is 0 Å². The van der Waals surface area contributed by atoms with E-state index in [4.69, 9.17) is 11.6 Å². The summed E-state index contributed by atoms with van der Waals surface area (Å²) in [4.78, 5) is 2.46. The van der Waals surface area contributed by atoms with E-state index in [9.17, 15) is 0 Å². The highest BCUT2D eigenvalue weighted by atomic mass is 35.5. The quantitative estimate of drug-likeness (QED) is 0.365. The second-order valence-corrected chi connectivity index (χ2v) is 6.68. The van der Waals surface area contributed by atoms with Crippen molar-refractivity contribution in [1.29, 1.82) is 0 Å². The molecule has 2 nitrogen and oxygen atoms in total. The van der Waals surface area contributed by atoms with Crippen LogP contribution in [0.25, 0.3) is 0 Å². The van der Waals surface area contributed by atoms with Crippen molar-refractivity contribution in [3.63, 3.8) is 0 Å². The van der Waals surface area contributed by atoms with Crippen molar-refractivity contribution in [1.82, 2.24) is 4.90 Å². The predicted octanol–water partition coefficient (Wildman–Crippen LogP) is 0.822. The van der Waals surface area contributed by atoms with Gasteiger partial charge in [0.1, 0.15) is 0 Å². The molecule has 2 heterocycles. The van der Waals surface area contributed by atoms with Gasteiger partial charge in [0.05, 0.1) is 24.2 Å². The van der Waals surface area contributed by atoms with E-state index in [0.717, 1.165) is 5.29 Å². The third-order valence-corrected chi connectivity index (χ3v) is 5.20. The lowest BCUT2D eigenvalue weighted by molar-refractivity contribution is -0.607. The fourth-order valence-corrected chi connectivity index (χ4v) is 4.37. The summed E-state index contributed by atoms with van der Waals surface area (Å²) in [5.74, 6) is 0. The molecule has 2 rings (SSSR count). The van der Waals surface area contributed by atoms with Gasteiger partial charge in [-0.2, -0.15) is 0 Å². The SMILES string of the molecule is CC1CCCC(C)N1C(Cl)=[N+]1C(C)CCCC1C.[Cl-]. The molecule has 0 amide bonds. The van der Waals surface area contributed by atoms with Crippen LogP contribution in [-0.2, 0) is 0 Å². The standard InChI is InChI=1S/C15H28ClN2.ClH/c1-11-7-5-8-12(2)17(11)15(16)18-13(3)9-6-10-14(18)4;/h11-14H,5-10H2,1-4H3;1H/q+1;/p-1. The summed E-state index contributed by atoms with van der Waals surface area (Å²) < 4.78 is 2.46. The summed E-state index contributed by atoms with van der Waals surface area (Å²) in [6.45, 7) is 9.27. The Morgan fingerprint density at radius 3 is 1.79 bits per heavy atom. The van der Waals surface area contributed by atoms with Crippen molar-refractivity contribution in [3.05, 3.63) is 0 Å². The minimum atomic E-state index is 0. The summed E-state index contributed by atoms with van der Waals surface area (Å²) in [5.41, 5.74) is 0. The molecule has 112 valence electrons. The average molecular weight is 307 g/mol. The zero-order valence-electron chi connectivity index (χ0n) is 12.7. The molecule has 0 aliphatic carbocycles. The molecule has 4 heteroatoms. The van der Waals surface area contributed by atoms with Gasteiger partial charge in [-0.15, -0.1) is 0 Å². The van der Waals surface area contributed by atoms with Crippen LogP contribution in [0.1, 0.15) is 66.2 Å². The molecule has 0 aromatic heterocycles. The Morgan fingerprint density at radius 1 is 0.895 bits per heavy atom. The first kappa shape index (κ1) is 17.1. The molecule has 4 unspecified atom stereocenters. The van der Waals surface area contributed by atoms with E-state index in [-0.39, 0.29) is 12.4 Å². The van der Waals surface area contributed by atoms with E-state index >= 15 is 0 Å². The minimum absolute atomic E-state index is 0. The first-order valence-electron chi connectivity index (χ1n) is 7.61. The number of nitrogens with zero attached hydrogens (tertiary/aromatic N) is 2. The fourth-order valence-electron chi connectivity index (χ4n) is 3.70. The maximum atomic E-state index is 6.79. The molecule has 4 atom stereocenters. The summed E-state index contributed by atoms with van der Waals surface area (Å²) >= 11 is 6.79. The van der Waals surface area contributed by atoms with Crippen molar-refractivity contribution in [2.75, 3.05) is 0 Å². The van der Waals surface area contributed by atoms with Crippen molar-refractivity contribution >= 4 is 16.9 Å². The van der Waals surface area contributed by atoms with Gasteiger partial charge in [0.25, 0.3) is 0 Å².